The first-order valence-corrected chi connectivity index (χ1v) is 6.02. The average molecular weight is 344 g/mol. The molecule has 1 aromatic rings. The number of esters is 1. The summed E-state index contributed by atoms with van der Waals surface area (Å²) in [4.78, 5) is 24.7. The summed E-state index contributed by atoms with van der Waals surface area (Å²) in [5, 5.41) is -0.0312. The van der Waals surface area contributed by atoms with E-state index in [0.717, 1.165) is 7.11 Å². The fourth-order valence-corrected chi connectivity index (χ4v) is 1.73. The van der Waals surface area contributed by atoms with E-state index in [1.165, 1.54) is 6.07 Å². The molecule has 0 unspecified atom stereocenters. The summed E-state index contributed by atoms with van der Waals surface area (Å²) >= 11 is 2.95. The van der Waals surface area contributed by atoms with Gasteiger partial charge < -0.3 is 14.5 Å². The molecule has 0 spiro atoms. The lowest BCUT2D eigenvalue weighted by molar-refractivity contribution is -0.275. The molecule has 0 bridgehead atoms. The first-order valence-electron chi connectivity index (χ1n) is 4.90. The fraction of sp³-hybridized carbons (Fsp3) is 0.400. The molecular weight excluding hydrogens is 335 g/mol. The normalized spacial score (nSPS) is 11.2. The van der Waals surface area contributed by atoms with E-state index in [1.807, 2.05) is 0 Å². The lowest BCUT2D eigenvalue weighted by atomic mass is 10.2. The van der Waals surface area contributed by atoms with E-state index < -0.39 is 23.6 Å². The third-order valence-electron chi connectivity index (χ3n) is 2.04. The third kappa shape index (κ3) is 4.58. The quantitative estimate of drug-likeness (QED) is 0.669. The summed E-state index contributed by atoms with van der Waals surface area (Å²) in [5.41, 5.74) is -0.936. The highest BCUT2D eigenvalue weighted by molar-refractivity contribution is 9.08. The van der Waals surface area contributed by atoms with Crippen LogP contribution in [-0.2, 0) is 21.3 Å². The maximum absolute atomic E-state index is 12.1. The smallest absolute Gasteiger partial charge is 0.469 e. The zero-order valence-electron chi connectivity index (χ0n) is 9.64. The minimum absolute atomic E-state index is 0.0139. The number of rotatable bonds is 4. The molecule has 0 aromatic carbocycles. The number of aromatic nitrogens is 1. The second-order valence-corrected chi connectivity index (χ2v) is 3.97. The Bertz CT molecular complexity index is 526. The van der Waals surface area contributed by atoms with Gasteiger partial charge in [0, 0.05) is 16.6 Å². The molecule has 0 saturated heterocycles. The SMILES string of the molecule is COC(=O)Cc1cc(CBr)c(OC(F)(F)F)c(=O)[nH]1. The molecule has 0 aliphatic rings. The molecule has 5 nitrogen and oxygen atoms in total. The zero-order chi connectivity index (χ0) is 14.6. The zero-order valence-corrected chi connectivity index (χ0v) is 11.2. The number of hydrogen-bond acceptors (Lipinski definition) is 4. The van der Waals surface area contributed by atoms with Gasteiger partial charge in [0.15, 0.2) is 5.75 Å². The van der Waals surface area contributed by atoms with Crippen molar-refractivity contribution < 1.29 is 27.4 Å². The topological polar surface area (TPSA) is 68.4 Å². The standard InChI is InChI=1S/C10H9BrF3NO4/c1-18-7(16)3-6-2-5(4-11)8(9(17)15-6)19-10(12,13)14/h2H,3-4H2,1H3,(H,15,17). The summed E-state index contributed by atoms with van der Waals surface area (Å²) in [5.74, 6) is -1.47. The molecule has 0 fully saturated rings. The molecule has 0 saturated carbocycles. The summed E-state index contributed by atoms with van der Waals surface area (Å²) in [6.45, 7) is 0. The lowest BCUT2D eigenvalue weighted by Gasteiger charge is -2.12. The Hall–Kier alpha value is -1.51. The molecule has 0 amide bonds. The van der Waals surface area contributed by atoms with Gasteiger partial charge in [-0.05, 0) is 6.07 Å². The number of aromatic amines is 1. The highest BCUT2D eigenvalue weighted by Gasteiger charge is 2.33. The van der Waals surface area contributed by atoms with Crippen LogP contribution in [0.1, 0.15) is 11.3 Å². The van der Waals surface area contributed by atoms with Crippen LogP contribution in [0.15, 0.2) is 10.9 Å². The number of carbonyl (C=O) groups is 1. The molecule has 9 heteroatoms. The van der Waals surface area contributed by atoms with Crippen LogP contribution < -0.4 is 10.3 Å². The number of pyridine rings is 1. The number of halogens is 4. The predicted octanol–water partition coefficient (Wildman–Crippen LogP) is 1.88. The molecule has 1 rings (SSSR count). The van der Waals surface area contributed by atoms with E-state index in [-0.39, 0.29) is 23.0 Å². The minimum Gasteiger partial charge on any atom is -0.469 e. The second kappa shape index (κ2) is 6.09. The lowest BCUT2D eigenvalue weighted by Crippen LogP contribution is -2.25. The van der Waals surface area contributed by atoms with Gasteiger partial charge in [-0.2, -0.15) is 0 Å². The fourth-order valence-electron chi connectivity index (χ4n) is 1.31. The van der Waals surface area contributed by atoms with Crippen LogP contribution >= 0.6 is 15.9 Å². The first kappa shape index (κ1) is 15.5. The molecular formula is C10H9BrF3NO4. The van der Waals surface area contributed by atoms with Crippen molar-refractivity contribution >= 4 is 21.9 Å². The van der Waals surface area contributed by atoms with Gasteiger partial charge in [-0.25, -0.2) is 0 Å². The number of H-pyrrole nitrogens is 1. The van der Waals surface area contributed by atoms with E-state index >= 15 is 0 Å². The van der Waals surface area contributed by atoms with Crippen molar-refractivity contribution in [3.8, 4) is 5.75 Å². The van der Waals surface area contributed by atoms with Gasteiger partial charge in [-0.3, -0.25) is 9.59 Å². The van der Waals surface area contributed by atoms with Crippen LogP contribution in [0.2, 0.25) is 0 Å². The Kier molecular flexibility index (Phi) is 4.98. The Labute approximate surface area is 113 Å². The van der Waals surface area contributed by atoms with Gasteiger partial charge in [0.2, 0.25) is 0 Å². The van der Waals surface area contributed by atoms with Crippen LogP contribution in [0, 0.1) is 0 Å². The van der Waals surface area contributed by atoms with E-state index in [4.69, 9.17) is 0 Å². The number of alkyl halides is 4. The van der Waals surface area contributed by atoms with Crippen LogP contribution in [0.3, 0.4) is 0 Å². The van der Waals surface area contributed by atoms with Crippen molar-refractivity contribution in [1.82, 2.24) is 4.98 Å². The largest absolute Gasteiger partial charge is 0.573 e. The highest BCUT2D eigenvalue weighted by Crippen LogP contribution is 2.24. The third-order valence-corrected chi connectivity index (χ3v) is 2.65. The monoisotopic (exact) mass is 343 g/mol. The molecule has 19 heavy (non-hydrogen) atoms. The van der Waals surface area contributed by atoms with E-state index in [1.54, 1.807) is 0 Å². The van der Waals surface area contributed by atoms with Gasteiger partial charge in [0.1, 0.15) is 0 Å². The maximum atomic E-state index is 12.1. The highest BCUT2D eigenvalue weighted by atomic mass is 79.9. The van der Waals surface area contributed by atoms with Crippen molar-refractivity contribution in [2.75, 3.05) is 7.11 Å². The number of nitrogens with one attached hydrogen (secondary N) is 1. The molecule has 0 aliphatic heterocycles. The molecule has 106 valence electrons. The second-order valence-electron chi connectivity index (χ2n) is 3.41. The van der Waals surface area contributed by atoms with Gasteiger partial charge in [0.25, 0.3) is 5.56 Å². The maximum Gasteiger partial charge on any atom is 0.573 e. The van der Waals surface area contributed by atoms with Crippen LogP contribution in [0.5, 0.6) is 5.75 Å². The Morgan fingerprint density at radius 2 is 2.11 bits per heavy atom. The molecule has 1 heterocycles. The summed E-state index contributed by atoms with van der Waals surface area (Å²) in [6, 6.07) is 1.23. The Morgan fingerprint density at radius 3 is 2.58 bits per heavy atom. The van der Waals surface area contributed by atoms with Gasteiger partial charge in [-0.15, -0.1) is 13.2 Å². The first-order chi connectivity index (χ1) is 8.76. The van der Waals surface area contributed by atoms with Crippen molar-refractivity contribution in [2.24, 2.45) is 0 Å². The number of hydrogen-bond donors (Lipinski definition) is 1. The van der Waals surface area contributed by atoms with Crippen LogP contribution in [0.25, 0.3) is 0 Å². The number of ether oxygens (including phenoxy) is 2. The van der Waals surface area contributed by atoms with Crippen LogP contribution in [0.4, 0.5) is 13.2 Å². The molecule has 0 atom stereocenters. The Morgan fingerprint density at radius 1 is 1.47 bits per heavy atom. The summed E-state index contributed by atoms with van der Waals surface area (Å²) in [7, 11) is 1.16. The number of carbonyl (C=O) groups excluding carboxylic acids is 1. The molecule has 0 aliphatic carbocycles. The average Bonchev–Trinajstić information content (AvgIpc) is 2.30. The van der Waals surface area contributed by atoms with Crippen molar-refractivity contribution in [3.63, 3.8) is 0 Å². The summed E-state index contributed by atoms with van der Waals surface area (Å²) < 4.78 is 44.5. The molecule has 1 aromatic heterocycles. The van der Waals surface area contributed by atoms with Gasteiger partial charge in [-0.1, -0.05) is 15.9 Å². The van der Waals surface area contributed by atoms with E-state index in [0.29, 0.717) is 0 Å². The van der Waals surface area contributed by atoms with Crippen molar-refractivity contribution in [1.29, 1.82) is 0 Å². The molecule has 1 N–H and O–H groups in total. The number of methoxy groups -OCH3 is 1. The van der Waals surface area contributed by atoms with Crippen molar-refractivity contribution in [3.05, 3.63) is 27.7 Å². The molecule has 0 radical (unpaired) electrons. The van der Waals surface area contributed by atoms with Crippen molar-refractivity contribution in [2.45, 2.75) is 18.1 Å². The minimum atomic E-state index is -4.96. The van der Waals surface area contributed by atoms with E-state index in [9.17, 15) is 22.8 Å². The predicted molar refractivity (Wildman–Crippen MR) is 62.1 cm³/mol. The van der Waals surface area contributed by atoms with Gasteiger partial charge >= 0.3 is 12.3 Å². The van der Waals surface area contributed by atoms with E-state index in [2.05, 4.69) is 30.4 Å². The van der Waals surface area contributed by atoms with Crippen LogP contribution in [-0.4, -0.2) is 24.4 Å². The summed E-state index contributed by atoms with van der Waals surface area (Å²) in [6.07, 6.45) is -5.22. The Balaban J connectivity index is 3.15. The van der Waals surface area contributed by atoms with Gasteiger partial charge in [0.05, 0.1) is 13.5 Å².